The van der Waals surface area contributed by atoms with Crippen LogP contribution in [0.25, 0.3) is 22.5 Å². The number of aromatic nitrogens is 4. The van der Waals surface area contributed by atoms with E-state index in [1.165, 1.54) is 11.3 Å². The average molecular weight is 477 g/mol. The van der Waals surface area contributed by atoms with E-state index in [9.17, 15) is 9.59 Å². The first-order valence-corrected chi connectivity index (χ1v) is 12.1. The number of aryl methyl sites for hydroxylation is 1. The van der Waals surface area contributed by atoms with Crippen LogP contribution in [0.2, 0.25) is 0 Å². The molecule has 2 amide bonds. The topological polar surface area (TPSA) is 114 Å². The number of fused-ring (bicyclic) bond motifs is 1. The minimum Gasteiger partial charge on any atom is -0.431 e. The fourth-order valence-corrected chi connectivity index (χ4v) is 4.94. The van der Waals surface area contributed by atoms with Crippen molar-refractivity contribution in [3.63, 3.8) is 0 Å². The van der Waals surface area contributed by atoms with Crippen LogP contribution in [-0.2, 0) is 11.3 Å². The average Bonchev–Trinajstić information content (AvgIpc) is 3.50. The second-order valence-electron chi connectivity index (χ2n) is 8.36. The molecule has 0 aliphatic carbocycles. The third kappa shape index (κ3) is 4.41. The van der Waals surface area contributed by atoms with Crippen molar-refractivity contribution in [2.45, 2.75) is 39.3 Å². The summed E-state index contributed by atoms with van der Waals surface area (Å²) in [6, 6.07) is 7.11. The standard InChI is InChI=1S/C24H24N6O3S/c1-14-7-8-16(11-26-14)18-13-34-20(28-18)12-27-22(31)17-5-4-10-30(15(17)2)24(32)23-29-21-19(33-23)6-3-9-25-21/h3,6-9,11,13,15,17H,4-5,10,12H2,1-2H3,(H,27,31)/t15-,17-/m0/s1. The summed E-state index contributed by atoms with van der Waals surface area (Å²) in [6.07, 6.45) is 4.85. The molecular weight excluding hydrogens is 452 g/mol. The van der Waals surface area contributed by atoms with E-state index < -0.39 is 0 Å². The molecule has 1 aliphatic heterocycles. The minimum absolute atomic E-state index is 0.00233. The number of hydrogen-bond acceptors (Lipinski definition) is 8. The molecule has 4 aromatic rings. The van der Waals surface area contributed by atoms with Crippen molar-refractivity contribution < 1.29 is 14.0 Å². The van der Waals surface area contributed by atoms with Gasteiger partial charge in [0.25, 0.3) is 5.89 Å². The lowest BCUT2D eigenvalue weighted by Crippen LogP contribution is -2.51. The molecule has 0 unspecified atom stereocenters. The molecule has 0 bridgehead atoms. The van der Waals surface area contributed by atoms with Crippen molar-refractivity contribution in [2.24, 2.45) is 5.92 Å². The second kappa shape index (κ2) is 9.30. The third-order valence-corrected chi connectivity index (χ3v) is 6.96. The molecule has 2 atom stereocenters. The van der Waals surface area contributed by atoms with Crippen LogP contribution in [0, 0.1) is 12.8 Å². The Kier molecular flexibility index (Phi) is 6.06. The Bertz CT molecular complexity index is 1300. The van der Waals surface area contributed by atoms with Gasteiger partial charge in [-0.3, -0.25) is 14.6 Å². The highest BCUT2D eigenvalue weighted by molar-refractivity contribution is 7.09. The molecule has 1 saturated heterocycles. The van der Waals surface area contributed by atoms with Gasteiger partial charge in [-0.1, -0.05) is 0 Å². The van der Waals surface area contributed by atoms with Crippen molar-refractivity contribution >= 4 is 34.4 Å². The molecule has 1 aliphatic rings. The summed E-state index contributed by atoms with van der Waals surface area (Å²) in [6.45, 7) is 4.73. The molecule has 0 aromatic carbocycles. The predicted molar refractivity (Wildman–Crippen MR) is 127 cm³/mol. The summed E-state index contributed by atoms with van der Waals surface area (Å²) in [4.78, 5) is 45.0. The molecule has 0 radical (unpaired) electrons. The first-order valence-electron chi connectivity index (χ1n) is 11.2. The molecule has 34 heavy (non-hydrogen) atoms. The molecule has 1 fully saturated rings. The van der Waals surface area contributed by atoms with Gasteiger partial charge in [0.05, 0.1) is 18.2 Å². The van der Waals surface area contributed by atoms with Gasteiger partial charge in [0, 0.05) is 41.6 Å². The number of rotatable bonds is 5. The van der Waals surface area contributed by atoms with Crippen LogP contribution < -0.4 is 5.32 Å². The molecule has 0 spiro atoms. The third-order valence-electron chi connectivity index (χ3n) is 6.11. The zero-order chi connectivity index (χ0) is 23.7. The molecule has 10 heteroatoms. The Morgan fingerprint density at radius 3 is 2.91 bits per heavy atom. The lowest BCUT2D eigenvalue weighted by molar-refractivity contribution is -0.128. The Balaban J connectivity index is 1.22. The van der Waals surface area contributed by atoms with E-state index in [2.05, 4.69) is 25.3 Å². The SMILES string of the molecule is Cc1ccc(-c2csc(CNC(=O)[C@H]3CCCN(C(=O)c4nc5ncccc5o4)[C@H]3C)n2)cn1. The van der Waals surface area contributed by atoms with Crippen LogP contribution in [0.15, 0.2) is 46.5 Å². The summed E-state index contributed by atoms with van der Waals surface area (Å²) in [5.74, 6) is -0.722. The van der Waals surface area contributed by atoms with Gasteiger partial charge in [0.2, 0.25) is 5.91 Å². The minimum atomic E-state index is -0.320. The van der Waals surface area contributed by atoms with Crippen molar-refractivity contribution in [3.05, 3.63) is 58.6 Å². The molecule has 9 nitrogen and oxygen atoms in total. The van der Waals surface area contributed by atoms with Gasteiger partial charge in [0.15, 0.2) is 11.2 Å². The lowest BCUT2D eigenvalue weighted by Gasteiger charge is -2.37. The quantitative estimate of drug-likeness (QED) is 0.468. The number of carbonyl (C=O) groups is 2. The fraction of sp³-hybridized carbons (Fsp3) is 0.333. The number of nitrogens with zero attached hydrogens (tertiary/aromatic N) is 5. The summed E-state index contributed by atoms with van der Waals surface area (Å²) >= 11 is 1.50. The number of carbonyl (C=O) groups excluding carboxylic acids is 2. The maximum atomic E-state index is 13.1. The summed E-state index contributed by atoms with van der Waals surface area (Å²) < 4.78 is 5.60. The number of piperidine rings is 1. The molecule has 0 saturated carbocycles. The van der Waals surface area contributed by atoms with Gasteiger partial charge < -0.3 is 14.6 Å². The van der Waals surface area contributed by atoms with E-state index >= 15 is 0 Å². The zero-order valence-electron chi connectivity index (χ0n) is 18.9. The maximum absolute atomic E-state index is 13.1. The smallest absolute Gasteiger partial charge is 0.310 e. The highest BCUT2D eigenvalue weighted by atomic mass is 32.1. The number of amides is 2. The molecule has 1 N–H and O–H groups in total. The van der Waals surface area contributed by atoms with E-state index in [4.69, 9.17) is 4.42 Å². The first kappa shape index (κ1) is 22.1. The van der Waals surface area contributed by atoms with Gasteiger partial charge >= 0.3 is 5.91 Å². The number of thiazole rings is 1. The number of likely N-dealkylation sites (tertiary alicyclic amines) is 1. The van der Waals surface area contributed by atoms with Crippen LogP contribution in [0.1, 0.15) is 41.2 Å². The number of nitrogens with one attached hydrogen (secondary N) is 1. The molecule has 174 valence electrons. The van der Waals surface area contributed by atoms with Crippen molar-refractivity contribution in [1.29, 1.82) is 0 Å². The van der Waals surface area contributed by atoms with E-state index in [1.807, 2.05) is 31.4 Å². The van der Waals surface area contributed by atoms with Gasteiger partial charge in [-0.15, -0.1) is 11.3 Å². The van der Waals surface area contributed by atoms with Gasteiger partial charge in [-0.2, -0.15) is 4.98 Å². The monoisotopic (exact) mass is 476 g/mol. The van der Waals surface area contributed by atoms with Gasteiger partial charge in [-0.25, -0.2) is 9.97 Å². The Morgan fingerprint density at radius 2 is 2.12 bits per heavy atom. The summed E-state index contributed by atoms with van der Waals surface area (Å²) in [7, 11) is 0. The Morgan fingerprint density at radius 1 is 1.24 bits per heavy atom. The van der Waals surface area contributed by atoms with Crippen LogP contribution in [0.5, 0.6) is 0 Å². The van der Waals surface area contributed by atoms with Crippen LogP contribution in [-0.4, -0.2) is 49.2 Å². The molecular formula is C24H24N6O3S. The van der Waals surface area contributed by atoms with Crippen molar-refractivity contribution in [2.75, 3.05) is 6.54 Å². The predicted octanol–water partition coefficient (Wildman–Crippen LogP) is 3.61. The van der Waals surface area contributed by atoms with Crippen molar-refractivity contribution in [3.8, 4) is 11.3 Å². The van der Waals surface area contributed by atoms with E-state index in [0.717, 1.165) is 28.4 Å². The number of oxazole rings is 1. The first-order chi connectivity index (χ1) is 16.5. The number of hydrogen-bond donors (Lipinski definition) is 1. The Labute approximate surface area is 200 Å². The van der Waals surface area contributed by atoms with Gasteiger partial charge in [-0.05, 0) is 51.0 Å². The van der Waals surface area contributed by atoms with Gasteiger partial charge in [0.1, 0.15) is 5.01 Å². The van der Waals surface area contributed by atoms with Crippen LogP contribution >= 0.6 is 11.3 Å². The molecule has 5 heterocycles. The van der Waals surface area contributed by atoms with Crippen LogP contribution in [0.4, 0.5) is 0 Å². The molecule has 4 aromatic heterocycles. The van der Waals surface area contributed by atoms with E-state index in [0.29, 0.717) is 30.7 Å². The Hall–Kier alpha value is -3.66. The molecule has 5 rings (SSSR count). The number of pyridine rings is 2. The zero-order valence-corrected chi connectivity index (χ0v) is 19.7. The highest BCUT2D eigenvalue weighted by Crippen LogP contribution is 2.27. The largest absolute Gasteiger partial charge is 0.431 e. The normalized spacial score (nSPS) is 18.2. The summed E-state index contributed by atoms with van der Waals surface area (Å²) in [5.41, 5.74) is 3.61. The lowest BCUT2D eigenvalue weighted by atomic mass is 9.89. The van der Waals surface area contributed by atoms with Crippen LogP contribution in [0.3, 0.4) is 0 Å². The maximum Gasteiger partial charge on any atom is 0.310 e. The summed E-state index contributed by atoms with van der Waals surface area (Å²) in [5, 5.41) is 5.78. The highest BCUT2D eigenvalue weighted by Gasteiger charge is 2.37. The second-order valence-corrected chi connectivity index (χ2v) is 9.31. The van der Waals surface area contributed by atoms with Crippen molar-refractivity contribution in [1.82, 2.24) is 30.2 Å². The fourth-order valence-electron chi connectivity index (χ4n) is 4.20. The van der Waals surface area contributed by atoms with E-state index in [-0.39, 0.29) is 29.7 Å². The van der Waals surface area contributed by atoms with E-state index in [1.54, 1.807) is 29.4 Å².